The topological polar surface area (TPSA) is 69.3 Å². The van der Waals surface area contributed by atoms with Crippen molar-refractivity contribution in [3.8, 4) is 0 Å². The van der Waals surface area contributed by atoms with Gasteiger partial charge in [0.25, 0.3) is 5.91 Å². The van der Waals surface area contributed by atoms with E-state index < -0.39 is 0 Å². The molecule has 6 heteroatoms. The summed E-state index contributed by atoms with van der Waals surface area (Å²) in [5.41, 5.74) is 0. The number of piperidine rings is 2. The van der Waals surface area contributed by atoms with Gasteiger partial charge in [0.15, 0.2) is 5.82 Å². The van der Waals surface area contributed by atoms with E-state index in [1.165, 1.54) is 0 Å². The minimum absolute atomic E-state index is 0.0317. The van der Waals surface area contributed by atoms with E-state index in [-0.39, 0.29) is 11.8 Å². The lowest BCUT2D eigenvalue weighted by Gasteiger charge is -2.47. The third kappa shape index (κ3) is 2.87. The number of aromatic amines is 1. The highest BCUT2D eigenvalue weighted by atomic mass is 16.2. The van der Waals surface area contributed by atoms with Crippen molar-refractivity contribution in [2.24, 2.45) is 11.8 Å². The molecular formula is C16H24N4O2. The van der Waals surface area contributed by atoms with Crippen molar-refractivity contribution < 1.29 is 9.59 Å². The van der Waals surface area contributed by atoms with Gasteiger partial charge in [-0.25, -0.2) is 4.98 Å². The quantitative estimate of drug-likeness (QED) is 0.920. The molecule has 1 N–H and O–H groups in total. The number of hydrogen-bond donors (Lipinski definition) is 1. The summed E-state index contributed by atoms with van der Waals surface area (Å²) in [6, 6.07) is 0.296. The van der Waals surface area contributed by atoms with Crippen LogP contribution in [0.2, 0.25) is 0 Å². The third-order valence-corrected chi connectivity index (χ3v) is 4.69. The average molecular weight is 304 g/mol. The molecule has 3 rings (SSSR count). The summed E-state index contributed by atoms with van der Waals surface area (Å²) in [4.78, 5) is 35.5. The van der Waals surface area contributed by atoms with Gasteiger partial charge in [0.2, 0.25) is 5.91 Å². The van der Waals surface area contributed by atoms with Crippen LogP contribution in [0.1, 0.15) is 43.7 Å². The van der Waals surface area contributed by atoms with E-state index in [1.54, 1.807) is 12.4 Å². The number of amides is 2. The number of carbonyl (C=O) groups excluding carboxylic acids is 2. The van der Waals surface area contributed by atoms with E-state index in [9.17, 15) is 9.59 Å². The molecule has 6 nitrogen and oxygen atoms in total. The number of imidazole rings is 1. The molecule has 2 aliphatic heterocycles. The fourth-order valence-corrected chi connectivity index (χ4v) is 3.70. The summed E-state index contributed by atoms with van der Waals surface area (Å²) in [5, 5.41) is 0. The van der Waals surface area contributed by atoms with Crippen LogP contribution in [0.3, 0.4) is 0 Å². The predicted octanol–water partition coefficient (Wildman–Crippen LogP) is 1.52. The lowest BCUT2D eigenvalue weighted by molar-refractivity contribution is -0.141. The van der Waals surface area contributed by atoms with Crippen LogP contribution in [0.5, 0.6) is 0 Å². The van der Waals surface area contributed by atoms with Crippen LogP contribution in [0.4, 0.5) is 0 Å². The van der Waals surface area contributed by atoms with Crippen LogP contribution in [-0.2, 0) is 4.79 Å². The first kappa shape index (κ1) is 15.1. The number of carbonyl (C=O) groups is 2. The van der Waals surface area contributed by atoms with Gasteiger partial charge in [-0.1, -0.05) is 13.8 Å². The molecule has 2 amide bonds. The predicted molar refractivity (Wildman–Crippen MR) is 82.2 cm³/mol. The molecular weight excluding hydrogens is 280 g/mol. The number of nitrogens with one attached hydrogen (secondary N) is 1. The highest BCUT2D eigenvalue weighted by Gasteiger charge is 2.40. The first-order valence-corrected chi connectivity index (χ1v) is 8.14. The number of rotatable bonds is 3. The zero-order chi connectivity index (χ0) is 15.7. The van der Waals surface area contributed by atoms with Gasteiger partial charge in [-0.15, -0.1) is 0 Å². The van der Waals surface area contributed by atoms with E-state index in [0.29, 0.717) is 36.7 Å². The summed E-state index contributed by atoms with van der Waals surface area (Å²) in [7, 11) is 0. The zero-order valence-electron chi connectivity index (χ0n) is 13.3. The lowest BCUT2D eigenvalue weighted by atomic mass is 9.83. The number of nitrogens with zero attached hydrogens (tertiary/aromatic N) is 3. The Kier molecular flexibility index (Phi) is 4.18. The molecule has 22 heavy (non-hydrogen) atoms. The highest BCUT2D eigenvalue weighted by molar-refractivity contribution is 5.90. The van der Waals surface area contributed by atoms with Crippen LogP contribution < -0.4 is 0 Å². The van der Waals surface area contributed by atoms with Crippen LogP contribution in [0.25, 0.3) is 0 Å². The molecule has 0 radical (unpaired) electrons. The molecule has 2 aliphatic rings. The first-order chi connectivity index (χ1) is 10.6. The Balaban J connectivity index is 1.69. The third-order valence-electron chi connectivity index (χ3n) is 4.69. The van der Waals surface area contributed by atoms with Gasteiger partial charge in [-0.2, -0.15) is 0 Å². The molecule has 3 heterocycles. The maximum absolute atomic E-state index is 12.4. The first-order valence-electron chi connectivity index (χ1n) is 8.14. The Hall–Kier alpha value is -1.85. The highest BCUT2D eigenvalue weighted by Crippen LogP contribution is 2.32. The van der Waals surface area contributed by atoms with Crippen LogP contribution in [-0.4, -0.2) is 57.3 Å². The molecule has 120 valence electrons. The number of H-pyrrole nitrogens is 1. The van der Waals surface area contributed by atoms with Gasteiger partial charge in [-0.3, -0.25) is 9.59 Å². The van der Waals surface area contributed by atoms with Crippen molar-refractivity contribution in [3.63, 3.8) is 0 Å². The minimum Gasteiger partial charge on any atom is -0.341 e. The van der Waals surface area contributed by atoms with E-state index in [1.807, 2.05) is 4.90 Å². The molecule has 0 aliphatic carbocycles. The van der Waals surface area contributed by atoms with Gasteiger partial charge < -0.3 is 14.8 Å². The zero-order valence-corrected chi connectivity index (χ0v) is 13.3. The monoisotopic (exact) mass is 304 g/mol. The van der Waals surface area contributed by atoms with Crippen molar-refractivity contribution >= 4 is 11.8 Å². The number of aromatic nitrogens is 2. The molecule has 0 aromatic carbocycles. The summed E-state index contributed by atoms with van der Waals surface area (Å²) >= 11 is 0. The Bertz CT molecular complexity index is 540. The maximum Gasteiger partial charge on any atom is 0.289 e. The van der Waals surface area contributed by atoms with Gasteiger partial charge in [0.1, 0.15) is 0 Å². The Morgan fingerprint density at radius 1 is 1.45 bits per heavy atom. The summed E-state index contributed by atoms with van der Waals surface area (Å²) in [5.74, 6) is 1.52. The van der Waals surface area contributed by atoms with Crippen LogP contribution in [0, 0.1) is 11.8 Å². The van der Waals surface area contributed by atoms with Crippen molar-refractivity contribution in [1.82, 2.24) is 19.8 Å². The molecule has 0 spiro atoms. The summed E-state index contributed by atoms with van der Waals surface area (Å²) < 4.78 is 0. The van der Waals surface area contributed by atoms with E-state index in [2.05, 4.69) is 28.7 Å². The molecule has 2 fully saturated rings. The molecule has 2 atom stereocenters. The fraction of sp³-hybridized carbons (Fsp3) is 0.688. The Labute approximate surface area is 130 Å². The molecule has 1 aromatic heterocycles. The maximum atomic E-state index is 12.4. The molecule has 2 unspecified atom stereocenters. The standard InChI is InChI=1S/C16H24N4O2/c1-11(2)9-20-13-5-8-19(10-12(13)3-4-14(20)21)16(22)15-17-6-7-18-15/h6-7,11-13H,3-5,8-10H2,1-2H3,(H,17,18). The normalized spacial score (nSPS) is 25.5. The largest absolute Gasteiger partial charge is 0.341 e. The van der Waals surface area contributed by atoms with Crippen LogP contribution in [0.15, 0.2) is 12.4 Å². The second kappa shape index (κ2) is 6.10. The van der Waals surface area contributed by atoms with Gasteiger partial charge in [0.05, 0.1) is 0 Å². The van der Waals surface area contributed by atoms with Crippen molar-refractivity contribution in [2.75, 3.05) is 19.6 Å². The number of likely N-dealkylation sites (tertiary alicyclic amines) is 2. The van der Waals surface area contributed by atoms with Gasteiger partial charge >= 0.3 is 0 Å². The molecule has 1 aromatic rings. The Morgan fingerprint density at radius 3 is 2.95 bits per heavy atom. The smallest absolute Gasteiger partial charge is 0.289 e. The summed E-state index contributed by atoms with van der Waals surface area (Å²) in [6.45, 7) is 6.54. The van der Waals surface area contributed by atoms with Crippen molar-refractivity contribution in [3.05, 3.63) is 18.2 Å². The molecule has 0 bridgehead atoms. The molecule has 2 saturated heterocycles. The number of hydrogen-bond acceptors (Lipinski definition) is 3. The average Bonchev–Trinajstić information content (AvgIpc) is 3.03. The molecule has 0 saturated carbocycles. The fourth-order valence-electron chi connectivity index (χ4n) is 3.70. The van der Waals surface area contributed by atoms with Crippen molar-refractivity contribution in [1.29, 1.82) is 0 Å². The second-order valence-corrected chi connectivity index (χ2v) is 6.78. The van der Waals surface area contributed by atoms with E-state index >= 15 is 0 Å². The van der Waals surface area contributed by atoms with Gasteiger partial charge in [0, 0.05) is 44.5 Å². The second-order valence-electron chi connectivity index (χ2n) is 6.78. The minimum atomic E-state index is -0.0317. The van der Waals surface area contributed by atoms with Gasteiger partial charge in [-0.05, 0) is 24.7 Å². The van der Waals surface area contributed by atoms with E-state index in [0.717, 1.165) is 25.9 Å². The lowest BCUT2D eigenvalue weighted by Crippen LogP contribution is -2.57. The Morgan fingerprint density at radius 2 is 2.27 bits per heavy atom. The SMILES string of the molecule is CC(C)CN1C(=O)CCC2CN(C(=O)c3ncc[nH]3)CCC21. The van der Waals surface area contributed by atoms with Crippen molar-refractivity contribution in [2.45, 2.75) is 39.2 Å². The number of fused-ring (bicyclic) bond motifs is 1. The van der Waals surface area contributed by atoms with Crippen LogP contribution >= 0.6 is 0 Å². The van der Waals surface area contributed by atoms with E-state index in [4.69, 9.17) is 0 Å². The summed E-state index contributed by atoms with van der Waals surface area (Å²) in [6.07, 6.45) is 5.64.